The van der Waals surface area contributed by atoms with Crippen LogP contribution in [0.3, 0.4) is 0 Å². The van der Waals surface area contributed by atoms with Gasteiger partial charge in [-0.1, -0.05) is 30.3 Å². The molecular weight excluding hydrogens is 264 g/mol. The molecule has 6 nitrogen and oxygen atoms in total. The predicted molar refractivity (Wildman–Crippen MR) is 81.3 cm³/mol. The molecule has 0 bridgehead atoms. The summed E-state index contributed by atoms with van der Waals surface area (Å²) in [7, 11) is 1.87. The van der Waals surface area contributed by atoms with Crippen molar-refractivity contribution in [3.05, 3.63) is 60.2 Å². The van der Waals surface area contributed by atoms with Crippen molar-refractivity contribution in [1.82, 2.24) is 19.7 Å². The van der Waals surface area contributed by atoms with Crippen molar-refractivity contribution in [1.29, 1.82) is 0 Å². The van der Waals surface area contributed by atoms with Gasteiger partial charge in [-0.3, -0.25) is 4.68 Å². The molecule has 3 rings (SSSR count). The van der Waals surface area contributed by atoms with E-state index in [0.29, 0.717) is 12.2 Å². The second-order valence-electron chi connectivity index (χ2n) is 4.76. The Morgan fingerprint density at radius 1 is 1.19 bits per heavy atom. The minimum atomic E-state index is 0.592. The number of aromatic nitrogens is 4. The van der Waals surface area contributed by atoms with Gasteiger partial charge in [0.15, 0.2) is 0 Å². The van der Waals surface area contributed by atoms with Crippen LogP contribution in [0.5, 0.6) is 0 Å². The van der Waals surface area contributed by atoms with Crippen LogP contribution in [0.15, 0.2) is 48.8 Å². The zero-order valence-electron chi connectivity index (χ0n) is 11.7. The van der Waals surface area contributed by atoms with Gasteiger partial charge in [-0.25, -0.2) is 15.8 Å². The van der Waals surface area contributed by atoms with Gasteiger partial charge in [0.2, 0.25) is 0 Å². The first-order chi connectivity index (χ1) is 10.2. The summed E-state index contributed by atoms with van der Waals surface area (Å²) >= 11 is 0. The highest BCUT2D eigenvalue weighted by Crippen LogP contribution is 2.19. The highest BCUT2D eigenvalue weighted by molar-refractivity contribution is 5.60. The van der Waals surface area contributed by atoms with E-state index in [1.165, 1.54) is 0 Å². The number of nitrogen functional groups attached to an aromatic ring is 1. The van der Waals surface area contributed by atoms with Crippen LogP contribution in [0.2, 0.25) is 0 Å². The first-order valence-electron chi connectivity index (χ1n) is 6.62. The van der Waals surface area contributed by atoms with E-state index in [1.54, 1.807) is 10.9 Å². The van der Waals surface area contributed by atoms with Gasteiger partial charge in [0.1, 0.15) is 11.6 Å². The predicted octanol–water partition coefficient (Wildman–Crippen LogP) is 1.75. The summed E-state index contributed by atoms with van der Waals surface area (Å²) in [6, 6.07) is 11.9. The number of hydrogen-bond donors (Lipinski definition) is 2. The van der Waals surface area contributed by atoms with Gasteiger partial charge < -0.3 is 5.43 Å². The molecule has 0 radical (unpaired) electrons. The van der Waals surface area contributed by atoms with Crippen LogP contribution in [0, 0.1) is 0 Å². The van der Waals surface area contributed by atoms with E-state index >= 15 is 0 Å². The standard InChI is InChI=1S/C15H16N6/c1-21-10-12(9-17-21)13-8-15(20-16)19-14(18-13)7-11-5-3-2-4-6-11/h2-6,8-10H,7,16H2,1H3,(H,18,19,20). The van der Waals surface area contributed by atoms with Crippen LogP contribution in [-0.4, -0.2) is 19.7 Å². The minimum absolute atomic E-state index is 0.592. The molecule has 3 N–H and O–H groups in total. The average molecular weight is 280 g/mol. The Morgan fingerprint density at radius 3 is 2.67 bits per heavy atom. The molecule has 0 saturated carbocycles. The average Bonchev–Trinajstić information content (AvgIpc) is 2.94. The number of nitrogens with one attached hydrogen (secondary N) is 1. The molecule has 106 valence electrons. The maximum Gasteiger partial charge on any atom is 0.144 e. The molecule has 1 aromatic carbocycles. The van der Waals surface area contributed by atoms with Crippen LogP contribution >= 0.6 is 0 Å². The van der Waals surface area contributed by atoms with Crippen LogP contribution in [0.4, 0.5) is 5.82 Å². The summed E-state index contributed by atoms with van der Waals surface area (Å²) in [6.07, 6.45) is 4.34. The second kappa shape index (κ2) is 5.72. The van der Waals surface area contributed by atoms with Gasteiger partial charge in [-0.2, -0.15) is 5.10 Å². The van der Waals surface area contributed by atoms with Crippen LogP contribution < -0.4 is 11.3 Å². The third-order valence-electron chi connectivity index (χ3n) is 3.13. The Balaban J connectivity index is 1.97. The normalized spacial score (nSPS) is 10.6. The number of aryl methyl sites for hydroxylation is 1. The lowest BCUT2D eigenvalue weighted by molar-refractivity contribution is 0.768. The zero-order valence-corrected chi connectivity index (χ0v) is 11.7. The molecule has 0 atom stereocenters. The van der Waals surface area contributed by atoms with E-state index in [2.05, 4.69) is 32.6 Å². The van der Waals surface area contributed by atoms with Gasteiger partial charge in [-0.05, 0) is 5.56 Å². The summed E-state index contributed by atoms with van der Waals surface area (Å²) in [5.41, 5.74) is 5.49. The summed E-state index contributed by atoms with van der Waals surface area (Å²) in [6.45, 7) is 0. The van der Waals surface area contributed by atoms with Gasteiger partial charge in [0, 0.05) is 31.3 Å². The largest absolute Gasteiger partial charge is 0.308 e. The second-order valence-corrected chi connectivity index (χ2v) is 4.76. The molecule has 2 aromatic heterocycles. The van der Waals surface area contributed by atoms with Crippen molar-refractivity contribution in [2.75, 3.05) is 5.43 Å². The fraction of sp³-hybridized carbons (Fsp3) is 0.133. The first kappa shape index (κ1) is 13.3. The molecular formula is C15H16N6. The Morgan fingerprint density at radius 2 is 2.00 bits per heavy atom. The lowest BCUT2D eigenvalue weighted by Crippen LogP contribution is -2.11. The van der Waals surface area contributed by atoms with Crippen LogP contribution in [-0.2, 0) is 13.5 Å². The smallest absolute Gasteiger partial charge is 0.144 e. The van der Waals surface area contributed by atoms with Crippen molar-refractivity contribution in [2.24, 2.45) is 12.9 Å². The number of nitrogens with zero attached hydrogens (tertiary/aromatic N) is 4. The fourth-order valence-corrected chi connectivity index (χ4v) is 2.13. The summed E-state index contributed by atoms with van der Waals surface area (Å²) in [4.78, 5) is 9.01. The van der Waals surface area contributed by atoms with E-state index in [-0.39, 0.29) is 0 Å². The Kier molecular flexibility index (Phi) is 3.61. The van der Waals surface area contributed by atoms with Crippen molar-refractivity contribution in [3.8, 4) is 11.3 Å². The van der Waals surface area contributed by atoms with Crippen LogP contribution in [0.25, 0.3) is 11.3 Å². The first-order valence-corrected chi connectivity index (χ1v) is 6.62. The van der Waals surface area contributed by atoms with Crippen molar-refractivity contribution < 1.29 is 0 Å². The molecule has 0 aliphatic heterocycles. The topological polar surface area (TPSA) is 81.7 Å². The van der Waals surface area contributed by atoms with Gasteiger partial charge in [-0.15, -0.1) is 0 Å². The Bertz CT molecular complexity index is 735. The quantitative estimate of drug-likeness (QED) is 0.562. The van der Waals surface area contributed by atoms with E-state index in [1.807, 2.05) is 37.5 Å². The molecule has 3 aromatic rings. The summed E-state index contributed by atoms with van der Waals surface area (Å²) < 4.78 is 1.74. The zero-order chi connectivity index (χ0) is 14.7. The summed E-state index contributed by atoms with van der Waals surface area (Å²) in [5.74, 6) is 6.81. The van der Waals surface area contributed by atoms with Crippen molar-refractivity contribution in [2.45, 2.75) is 6.42 Å². The molecule has 0 fully saturated rings. The summed E-state index contributed by atoms with van der Waals surface area (Å²) in [5, 5.41) is 4.17. The Labute approximate surface area is 122 Å². The lowest BCUT2D eigenvalue weighted by atomic mass is 10.1. The number of hydrazine groups is 1. The molecule has 0 unspecified atom stereocenters. The molecule has 6 heteroatoms. The molecule has 0 saturated heterocycles. The van der Waals surface area contributed by atoms with Gasteiger partial charge in [0.05, 0.1) is 11.9 Å². The molecule has 0 amide bonds. The number of nitrogens with two attached hydrogens (primary N) is 1. The molecule has 2 heterocycles. The minimum Gasteiger partial charge on any atom is -0.308 e. The monoisotopic (exact) mass is 280 g/mol. The Hall–Kier alpha value is -2.73. The molecule has 0 spiro atoms. The molecule has 21 heavy (non-hydrogen) atoms. The highest BCUT2D eigenvalue weighted by atomic mass is 15.3. The van der Waals surface area contributed by atoms with Crippen molar-refractivity contribution in [3.63, 3.8) is 0 Å². The van der Waals surface area contributed by atoms with Crippen LogP contribution in [0.1, 0.15) is 11.4 Å². The SMILES string of the molecule is Cn1cc(-c2cc(NN)nc(Cc3ccccc3)n2)cn1. The number of anilines is 1. The van der Waals surface area contributed by atoms with E-state index in [0.717, 1.165) is 22.6 Å². The highest BCUT2D eigenvalue weighted by Gasteiger charge is 2.08. The maximum atomic E-state index is 5.50. The maximum absolute atomic E-state index is 5.50. The number of rotatable bonds is 4. The number of hydrogen-bond acceptors (Lipinski definition) is 5. The molecule has 0 aliphatic rings. The third-order valence-corrected chi connectivity index (χ3v) is 3.13. The fourth-order valence-electron chi connectivity index (χ4n) is 2.13. The number of benzene rings is 1. The van der Waals surface area contributed by atoms with E-state index < -0.39 is 0 Å². The lowest BCUT2D eigenvalue weighted by Gasteiger charge is -2.07. The van der Waals surface area contributed by atoms with E-state index in [4.69, 9.17) is 5.84 Å². The van der Waals surface area contributed by atoms with E-state index in [9.17, 15) is 0 Å². The molecule has 0 aliphatic carbocycles. The van der Waals surface area contributed by atoms with Gasteiger partial charge in [0.25, 0.3) is 0 Å². The third kappa shape index (κ3) is 3.06. The van der Waals surface area contributed by atoms with Crippen molar-refractivity contribution >= 4 is 5.82 Å². The van der Waals surface area contributed by atoms with Gasteiger partial charge >= 0.3 is 0 Å².